The number of aromatic nitrogens is 4. The highest BCUT2D eigenvalue weighted by atomic mass is 32.1. The van der Waals surface area contributed by atoms with Crippen LogP contribution in [0.3, 0.4) is 0 Å². The first-order valence-corrected chi connectivity index (χ1v) is 16.9. The maximum atomic E-state index is 8.68. The van der Waals surface area contributed by atoms with Crippen LogP contribution in [0.2, 0.25) is 0 Å². The van der Waals surface area contributed by atoms with Crippen molar-refractivity contribution in [1.82, 2.24) is 19.5 Å². The highest BCUT2D eigenvalue weighted by Gasteiger charge is 2.21. The lowest BCUT2D eigenvalue weighted by molar-refractivity contribution is 0.666. The van der Waals surface area contributed by atoms with Gasteiger partial charge in [-0.05, 0) is 30.3 Å². The van der Waals surface area contributed by atoms with Crippen LogP contribution in [-0.2, 0) is 0 Å². The van der Waals surface area contributed by atoms with E-state index in [0.29, 0.717) is 16.7 Å². The van der Waals surface area contributed by atoms with Crippen LogP contribution in [0.5, 0.6) is 0 Å². The number of para-hydroxylation sites is 2. The number of fused-ring (bicyclic) bond motifs is 10. The number of furan rings is 1. The summed E-state index contributed by atoms with van der Waals surface area (Å²) >= 11 is 1.75. The standard InChI is InChI=1S/C45H26N4OS/c1-3-12-27(13-4-1)43-46-44(28-14-5-2-6-15-28)48-45(47-43)29-22-23-31-34-18-11-20-37(41(34)50-38(31)26-29)49-36-19-9-7-16-30(36)33-24-25-35-32-17-8-10-21-39(32)51-42(35)40(33)49/h1-26H/i1D,2D,3D,4D,5D,6D,12D,13D,14D,15D. The zero-order valence-electron chi connectivity index (χ0n) is 36.3. The molecular formula is C45H26N4OS. The van der Waals surface area contributed by atoms with Gasteiger partial charge in [-0.25, -0.2) is 15.0 Å². The third-order valence-electron chi connectivity index (χ3n) is 9.24. The average molecular weight is 681 g/mol. The molecule has 0 atom stereocenters. The third kappa shape index (κ3) is 4.30. The summed E-state index contributed by atoms with van der Waals surface area (Å²) in [6.45, 7) is 0. The maximum absolute atomic E-state index is 8.68. The van der Waals surface area contributed by atoms with Crippen molar-refractivity contribution in [3.63, 3.8) is 0 Å². The van der Waals surface area contributed by atoms with E-state index in [1.54, 1.807) is 23.5 Å². The zero-order chi connectivity index (χ0) is 42.2. The number of benzene rings is 7. The van der Waals surface area contributed by atoms with Gasteiger partial charge in [0.05, 0.1) is 35.1 Å². The summed E-state index contributed by atoms with van der Waals surface area (Å²) in [5.74, 6) is -0.722. The molecule has 0 amide bonds. The molecule has 0 spiro atoms. The van der Waals surface area contributed by atoms with E-state index in [2.05, 4.69) is 68.0 Å². The van der Waals surface area contributed by atoms with Gasteiger partial charge in [0.25, 0.3) is 0 Å². The lowest BCUT2D eigenvalue weighted by Gasteiger charge is -2.09. The summed E-state index contributed by atoms with van der Waals surface area (Å²) < 4.78 is 95.6. The molecule has 0 saturated carbocycles. The fraction of sp³-hybridized carbons (Fsp3) is 0. The van der Waals surface area contributed by atoms with Crippen molar-refractivity contribution >= 4 is 75.3 Å². The molecular weight excluding hydrogens is 645 g/mol. The normalized spacial score (nSPS) is 14.7. The molecule has 0 unspecified atom stereocenters. The van der Waals surface area contributed by atoms with Crippen molar-refractivity contribution in [1.29, 1.82) is 0 Å². The number of hydrogen-bond acceptors (Lipinski definition) is 5. The van der Waals surface area contributed by atoms with E-state index in [1.165, 1.54) is 15.5 Å². The highest BCUT2D eigenvalue weighted by molar-refractivity contribution is 7.26. The molecule has 238 valence electrons. The molecule has 4 aromatic heterocycles. The van der Waals surface area contributed by atoms with Gasteiger partial charge in [-0.3, -0.25) is 0 Å². The first-order valence-electron chi connectivity index (χ1n) is 21.1. The molecule has 7 aromatic carbocycles. The van der Waals surface area contributed by atoms with Crippen molar-refractivity contribution in [2.75, 3.05) is 0 Å². The van der Waals surface area contributed by atoms with Gasteiger partial charge in [0.15, 0.2) is 23.1 Å². The molecule has 11 aromatic rings. The number of thiophene rings is 1. The van der Waals surface area contributed by atoms with Gasteiger partial charge >= 0.3 is 0 Å². The molecule has 4 heterocycles. The van der Waals surface area contributed by atoms with Gasteiger partial charge in [0.2, 0.25) is 0 Å². The van der Waals surface area contributed by atoms with Crippen LogP contribution in [-0.4, -0.2) is 19.5 Å². The first kappa shape index (κ1) is 20.1. The highest BCUT2D eigenvalue weighted by Crippen LogP contribution is 2.44. The van der Waals surface area contributed by atoms with Crippen LogP contribution in [0.15, 0.2) is 162 Å². The van der Waals surface area contributed by atoms with Gasteiger partial charge < -0.3 is 8.98 Å². The topological polar surface area (TPSA) is 56.7 Å². The summed E-state index contributed by atoms with van der Waals surface area (Å²) in [5, 5.41) is 6.22. The van der Waals surface area contributed by atoms with Crippen LogP contribution in [0.4, 0.5) is 0 Å². The Morgan fingerprint density at radius 1 is 0.529 bits per heavy atom. The number of hydrogen-bond donors (Lipinski definition) is 0. The molecule has 6 heteroatoms. The third-order valence-corrected chi connectivity index (χ3v) is 10.4. The number of nitrogens with zero attached hydrogens (tertiary/aromatic N) is 4. The zero-order valence-corrected chi connectivity index (χ0v) is 27.2. The Morgan fingerprint density at radius 3 is 1.92 bits per heavy atom. The fourth-order valence-electron chi connectivity index (χ4n) is 7.03. The quantitative estimate of drug-likeness (QED) is 0.186. The van der Waals surface area contributed by atoms with Gasteiger partial charge in [0, 0.05) is 53.7 Å². The Kier molecular flexibility index (Phi) is 4.32. The van der Waals surface area contributed by atoms with E-state index in [4.69, 9.17) is 18.1 Å². The molecule has 0 aliphatic heterocycles. The molecule has 0 bridgehead atoms. The van der Waals surface area contributed by atoms with Crippen molar-refractivity contribution in [3.8, 4) is 39.9 Å². The molecule has 0 N–H and O–H groups in total. The predicted molar refractivity (Wildman–Crippen MR) is 211 cm³/mol. The summed E-state index contributed by atoms with van der Waals surface area (Å²) in [6, 6.07) is 26.5. The molecule has 0 aliphatic rings. The van der Waals surface area contributed by atoms with E-state index in [9.17, 15) is 0 Å². The minimum absolute atomic E-state index is 0.0456. The van der Waals surface area contributed by atoms with E-state index in [1.807, 2.05) is 36.4 Å². The molecule has 0 radical (unpaired) electrons. The second-order valence-electron chi connectivity index (χ2n) is 12.1. The van der Waals surface area contributed by atoms with Gasteiger partial charge in [-0.1, -0.05) is 127 Å². The fourth-order valence-corrected chi connectivity index (χ4v) is 8.27. The summed E-state index contributed by atoms with van der Waals surface area (Å²) in [4.78, 5) is 13.6. The van der Waals surface area contributed by atoms with Gasteiger partial charge in [0.1, 0.15) is 5.58 Å². The van der Waals surface area contributed by atoms with E-state index in [-0.39, 0.29) is 28.6 Å². The molecule has 5 nitrogen and oxygen atoms in total. The Bertz CT molecular complexity index is 3600. The van der Waals surface area contributed by atoms with Crippen molar-refractivity contribution < 1.29 is 18.1 Å². The number of rotatable bonds is 4. The molecule has 0 saturated heterocycles. The first-order chi connectivity index (χ1) is 29.4. The second kappa shape index (κ2) is 10.9. The molecule has 11 rings (SSSR count). The van der Waals surface area contributed by atoms with E-state index >= 15 is 0 Å². The van der Waals surface area contributed by atoms with Crippen LogP contribution >= 0.6 is 11.3 Å². The molecule has 0 fully saturated rings. The van der Waals surface area contributed by atoms with Crippen LogP contribution < -0.4 is 0 Å². The van der Waals surface area contributed by atoms with Crippen molar-refractivity contribution in [2.45, 2.75) is 0 Å². The van der Waals surface area contributed by atoms with Crippen LogP contribution in [0, 0.1) is 0 Å². The Labute approximate surface area is 309 Å². The Balaban J connectivity index is 1.16. The summed E-state index contributed by atoms with van der Waals surface area (Å²) in [6.07, 6.45) is 0. The van der Waals surface area contributed by atoms with E-state index < -0.39 is 60.4 Å². The van der Waals surface area contributed by atoms with Crippen molar-refractivity contribution in [3.05, 3.63) is 157 Å². The Morgan fingerprint density at radius 2 is 1.16 bits per heavy atom. The monoisotopic (exact) mass is 680 g/mol. The molecule has 51 heavy (non-hydrogen) atoms. The largest absolute Gasteiger partial charge is 0.454 e. The lowest BCUT2D eigenvalue weighted by Crippen LogP contribution is -2.00. The predicted octanol–water partition coefficient (Wildman–Crippen LogP) is 12.2. The van der Waals surface area contributed by atoms with Crippen molar-refractivity contribution in [2.24, 2.45) is 0 Å². The minimum atomic E-state index is -0.613. The van der Waals surface area contributed by atoms with Gasteiger partial charge in [-0.2, -0.15) is 0 Å². The minimum Gasteiger partial charge on any atom is -0.454 e. The summed E-state index contributed by atoms with van der Waals surface area (Å²) in [5.41, 5.74) is 3.72. The maximum Gasteiger partial charge on any atom is 0.164 e. The van der Waals surface area contributed by atoms with Gasteiger partial charge in [-0.15, -0.1) is 11.3 Å². The van der Waals surface area contributed by atoms with Crippen LogP contribution in [0.25, 0.3) is 104 Å². The second-order valence-corrected chi connectivity index (χ2v) is 13.1. The smallest absolute Gasteiger partial charge is 0.164 e. The van der Waals surface area contributed by atoms with Crippen LogP contribution in [0.1, 0.15) is 13.7 Å². The average Bonchev–Trinajstić information content (AvgIpc) is 3.96. The SMILES string of the molecule is [2H]c1c([2H])c([2H])c(-c2nc(-c3ccc4c(c3)oc3c(-n5c6ccccc6c6ccc7c8ccccc8sc7c65)cccc34)nc(-c3c([2H])c([2H])c([2H])c([2H])c3[2H])n2)c([2H])c1[2H]. The summed E-state index contributed by atoms with van der Waals surface area (Å²) in [7, 11) is 0. The Hall–Kier alpha value is -6.63. The van der Waals surface area contributed by atoms with E-state index in [0.717, 1.165) is 43.0 Å². The molecule has 0 aliphatic carbocycles. The lowest BCUT2D eigenvalue weighted by atomic mass is 10.1.